The number of nitro groups is 1. The molecule has 20 heavy (non-hydrogen) atoms. The second kappa shape index (κ2) is 5.20. The molecule has 2 rings (SSSR count). The highest BCUT2D eigenvalue weighted by Gasteiger charge is 2.20. The molecule has 0 saturated heterocycles. The molecule has 106 valence electrons. The zero-order valence-electron chi connectivity index (χ0n) is 11.5. The Balaban J connectivity index is 2.46. The van der Waals surface area contributed by atoms with Crippen LogP contribution >= 0.6 is 0 Å². The second-order valence-electron chi connectivity index (χ2n) is 4.50. The van der Waals surface area contributed by atoms with Crippen LogP contribution in [0, 0.1) is 10.1 Å². The van der Waals surface area contributed by atoms with Crippen LogP contribution in [-0.2, 0) is 0 Å². The zero-order valence-corrected chi connectivity index (χ0v) is 11.5. The van der Waals surface area contributed by atoms with Gasteiger partial charge in [0.1, 0.15) is 5.84 Å². The average Bonchev–Trinajstić information content (AvgIpc) is 2.69. The molecule has 0 amide bonds. The van der Waals surface area contributed by atoms with Crippen molar-refractivity contribution in [1.29, 1.82) is 0 Å². The van der Waals surface area contributed by atoms with Crippen LogP contribution in [0.2, 0.25) is 0 Å². The molecule has 1 N–H and O–H groups in total. The Hall–Kier alpha value is -2.57. The van der Waals surface area contributed by atoms with E-state index in [2.05, 4.69) is 4.99 Å². The van der Waals surface area contributed by atoms with Gasteiger partial charge in [0, 0.05) is 13.1 Å². The third-order valence-electron chi connectivity index (χ3n) is 3.08. The highest BCUT2D eigenvalue weighted by atomic mass is 16.6. The van der Waals surface area contributed by atoms with Gasteiger partial charge in [0.25, 0.3) is 0 Å². The van der Waals surface area contributed by atoms with Crippen molar-refractivity contribution >= 4 is 17.6 Å². The molecule has 0 spiro atoms. The van der Waals surface area contributed by atoms with Crippen LogP contribution in [0.25, 0.3) is 6.08 Å². The third-order valence-corrected chi connectivity index (χ3v) is 3.08. The lowest BCUT2D eigenvalue weighted by Crippen LogP contribution is -2.18. The fourth-order valence-electron chi connectivity index (χ4n) is 1.95. The van der Waals surface area contributed by atoms with Crippen LogP contribution in [-0.4, -0.2) is 41.5 Å². The summed E-state index contributed by atoms with van der Waals surface area (Å²) >= 11 is 0. The van der Waals surface area contributed by atoms with Crippen LogP contribution in [0.4, 0.5) is 5.69 Å². The number of aromatic hydroxyl groups is 1. The molecule has 1 heterocycles. The van der Waals surface area contributed by atoms with E-state index in [9.17, 15) is 15.2 Å². The first-order valence-electron chi connectivity index (χ1n) is 5.94. The number of phenols is 1. The maximum Gasteiger partial charge on any atom is 0.315 e. The molecule has 0 saturated carbocycles. The molecule has 7 nitrogen and oxygen atoms in total. The summed E-state index contributed by atoms with van der Waals surface area (Å²) in [6, 6.07) is 2.84. The van der Waals surface area contributed by atoms with E-state index < -0.39 is 10.7 Å². The van der Waals surface area contributed by atoms with Gasteiger partial charge in [-0.1, -0.05) is 0 Å². The Morgan fingerprint density at radius 1 is 1.55 bits per heavy atom. The van der Waals surface area contributed by atoms with Crippen LogP contribution in [0.15, 0.2) is 22.8 Å². The lowest BCUT2D eigenvalue weighted by molar-refractivity contribution is -0.386. The van der Waals surface area contributed by atoms with Crippen molar-refractivity contribution in [3.8, 4) is 11.5 Å². The molecule has 0 bridgehead atoms. The molecule has 0 aromatic heterocycles. The van der Waals surface area contributed by atoms with Gasteiger partial charge < -0.3 is 14.7 Å². The molecule has 0 unspecified atom stereocenters. The first kappa shape index (κ1) is 13.9. The molecule has 7 heteroatoms. The monoisotopic (exact) mass is 277 g/mol. The van der Waals surface area contributed by atoms with Crippen molar-refractivity contribution in [2.45, 2.75) is 6.92 Å². The highest BCUT2D eigenvalue weighted by Crippen LogP contribution is 2.37. The Kier molecular flexibility index (Phi) is 3.60. The Morgan fingerprint density at radius 3 is 2.75 bits per heavy atom. The van der Waals surface area contributed by atoms with Crippen LogP contribution < -0.4 is 4.74 Å². The fourth-order valence-corrected chi connectivity index (χ4v) is 1.95. The minimum atomic E-state index is -0.644. The number of benzene rings is 1. The normalized spacial score (nSPS) is 16.4. The lowest BCUT2D eigenvalue weighted by atomic mass is 10.1. The summed E-state index contributed by atoms with van der Waals surface area (Å²) < 4.78 is 4.95. The van der Waals surface area contributed by atoms with Crippen LogP contribution in [0.3, 0.4) is 0 Å². The minimum absolute atomic E-state index is 0.0677. The van der Waals surface area contributed by atoms with Gasteiger partial charge >= 0.3 is 5.69 Å². The van der Waals surface area contributed by atoms with Crippen molar-refractivity contribution in [2.75, 3.05) is 20.7 Å². The summed E-state index contributed by atoms with van der Waals surface area (Å²) in [5.41, 5.74) is 0.975. The number of methoxy groups -OCH3 is 1. The van der Waals surface area contributed by atoms with Crippen molar-refractivity contribution in [3.05, 3.63) is 33.5 Å². The first-order valence-corrected chi connectivity index (χ1v) is 5.94. The van der Waals surface area contributed by atoms with Gasteiger partial charge in [-0.3, -0.25) is 10.1 Å². The van der Waals surface area contributed by atoms with Gasteiger partial charge in [-0.15, -0.1) is 0 Å². The molecule has 1 aliphatic rings. The number of nitro benzene ring substituents is 1. The maximum atomic E-state index is 10.9. The van der Waals surface area contributed by atoms with E-state index in [0.29, 0.717) is 12.1 Å². The number of rotatable bonds is 3. The molecular formula is C13H15N3O4. The predicted octanol–water partition coefficient (Wildman–Crippen LogP) is 2.01. The standard InChI is InChI=1S/C13H15N3O4/c1-8-14-10(7-15(8)2)4-9-5-11(16(18)19)13(17)12(6-9)20-3/h4-6,17H,7H2,1-3H3. The molecular weight excluding hydrogens is 262 g/mol. The molecule has 0 atom stereocenters. The zero-order chi connectivity index (χ0) is 14.9. The summed E-state index contributed by atoms with van der Waals surface area (Å²) in [5.74, 6) is 0.484. The van der Waals surface area contributed by atoms with Gasteiger partial charge in [0.15, 0.2) is 5.75 Å². The average molecular weight is 277 g/mol. The van der Waals surface area contributed by atoms with E-state index in [4.69, 9.17) is 4.74 Å². The largest absolute Gasteiger partial charge is 0.500 e. The lowest BCUT2D eigenvalue weighted by Gasteiger charge is -2.08. The SMILES string of the molecule is COc1cc(C=C2CN(C)C(C)=N2)cc([N+](=O)[O-])c1O. The number of nitrogens with zero attached hydrogens (tertiary/aromatic N) is 3. The Bertz CT molecular complexity index is 622. The van der Waals surface area contributed by atoms with Crippen molar-refractivity contribution in [2.24, 2.45) is 4.99 Å². The number of ether oxygens (including phenoxy) is 1. The number of aliphatic imine (C=N–C) groups is 1. The van der Waals surface area contributed by atoms with E-state index in [0.717, 1.165) is 11.5 Å². The first-order chi connectivity index (χ1) is 9.42. The number of likely N-dealkylation sites (N-methyl/N-ethyl adjacent to an activating group) is 1. The summed E-state index contributed by atoms with van der Waals surface area (Å²) in [4.78, 5) is 16.6. The van der Waals surface area contributed by atoms with Gasteiger partial charge in [-0.2, -0.15) is 0 Å². The van der Waals surface area contributed by atoms with Gasteiger partial charge in [-0.05, 0) is 24.6 Å². The Labute approximate surface area is 116 Å². The molecule has 0 aliphatic carbocycles. The smallest absolute Gasteiger partial charge is 0.315 e. The fraction of sp³-hybridized carbons (Fsp3) is 0.308. The van der Waals surface area contributed by atoms with Gasteiger partial charge in [-0.25, -0.2) is 4.99 Å². The minimum Gasteiger partial charge on any atom is -0.500 e. The van der Waals surface area contributed by atoms with E-state index in [-0.39, 0.29) is 11.4 Å². The van der Waals surface area contributed by atoms with E-state index >= 15 is 0 Å². The highest BCUT2D eigenvalue weighted by molar-refractivity contribution is 5.84. The maximum absolute atomic E-state index is 10.9. The van der Waals surface area contributed by atoms with E-state index in [1.807, 2.05) is 18.9 Å². The number of hydrogen-bond donors (Lipinski definition) is 1. The van der Waals surface area contributed by atoms with Crippen molar-refractivity contribution in [1.82, 2.24) is 4.90 Å². The summed E-state index contributed by atoms with van der Waals surface area (Å²) in [6.45, 7) is 2.53. The molecule has 1 aromatic carbocycles. The number of hydrogen-bond acceptors (Lipinski definition) is 6. The van der Waals surface area contributed by atoms with Crippen molar-refractivity contribution in [3.63, 3.8) is 0 Å². The quantitative estimate of drug-likeness (QED) is 0.674. The van der Waals surface area contributed by atoms with Crippen LogP contribution in [0.5, 0.6) is 11.5 Å². The van der Waals surface area contributed by atoms with Gasteiger partial charge in [0.2, 0.25) is 5.75 Å². The predicted molar refractivity (Wildman–Crippen MR) is 75.0 cm³/mol. The van der Waals surface area contributed by atoms with Crippen molar-refractivity contribution < 1.29 is 14.8 Å². The Morgan fingerprint density at radius 2 is 2.25 bits per heavy atom. The topological polar surface area (TPSA) is 88.2 Å². The molecule has 0 radical (unpaired) electrons. The van der Waals surface area contributed by atoms with E-state index in [1.165, 1.54) is 13.2 Å². The number of amidine groups is 1. The summed E-state index contributed by atoms with van der Waals surface area (Å²) in [7, 11) is 3.26. The molecule has 1 aliphatic heterocycles. The van der Waals surface area contributed by atoms with Crippen LogP contribution in [0.1, 0.15) is 12.5 Å². The molecule has 0 fully saturated rings. The number of phenolic OH excluding ortho intramolecular Hbond substituents is 1. The van der Waals surface area contributed by atoms with E-state index in [1.54, 1.807) is 12.1 Å². The summed E-state index contributed by atoms with van der Waals surface area (Å²) in [6.07, 6.45) is 1.74. The molecule has 1 aromatic rings. The second-order valence-corrected chi connectivity index (χ2v) is 4.50. The van der Waals surface area contributed by atoms with Gasteiger partial charge in [0.05, 0.1) is 24.3 Å². The third kappa shape index (κ3) is 2.56. The summed E-state index contributed by atoms with van der Waals surface area (Å²) in [5, 5.41) is 20.6.